The van der Waals surface area contributed by atoms with Crippen molar-refractivity contribution in [3.05, 3.63) is 35.9 Å². The smallest absolute Gasteiger partial charge is 0.0740 e. The second-order valence-corrected chi connectivity index (χ2v) is 6.58. The van der Waals surface area contributed by atoms with Gasteiger partial charge in [-0.05, 0) is 58.6 Å². The highest BCUT2D eigenvalue weighted by atomic mass is 16.5. The Kier molecular flexibility index (Phi) is 4.64. The molecule has 0 heterocycles. The average Bonchev–Trinajstić information content (AvgIpc) is 2.38. The van der Waals surface area contributed by atoms with Gasteiger partial charge in [0.2, 0.25) is 0 Å². The van der Waals surface area contributed by atoms with Crippen LogP contribution in [0.15, 0.2) is 30.3 Å². The van der Waals surface area contributed by atoms with Crippen LogP contribution in [0.1, 0.15) is 51.5 Å². The van der Waals surface area contributed by atoms with Crippen molar-refractivity contribution >= 4 is 0 Å². The predicted molar refractivity (Wildman–Crippen MR) is 80.5 cm³/mol. The lowest BCUT2D eigenvalue weighted by Gasteiger charge is -2.39. The molecule has 0 aliphatic heterocycles. The number of rotatable bonds is 3. The number of hydrogen-bond donors (Lipinski definition) is 1. The predicted octanol–water partition coefficient (Wildman–Crippen LogP) is 3.73. The number of hydrogen-bond acceptors (Lipinski definition) is 2. The van der Waals surface area contributed by atoms with Crippen molar-refractivity contribution < 1.29 is 4.74 Å². The van der Waals surface area contributed by atoms with Crippen LogP contribution >= 0.6 is 0 Å². The number of ether oxygens (including phenoxy) is 1. The highest BCUT2D eigenvalue weighted by molar-refractivity contribution is 5.20. The second kappa shape index (κ2) is 6.06. The van der Waals surface area contributed by atoms with Gasteiger partial charge in [0.25, 0.3) is 0 Å². The van der Waals surface area contributed by atoms with Crippen LogP contribution in [-0.2, 0) is 4.74 Å². The molecule has 0 aromatic heterocycles. The first kappa shape index (κ1) is 14.5. The maximum atomic E-state index is 6.27. The standard InChI is InChI=1S/C17H27NO/c1-17(2,3)19-16-12-14(10-11-15(16)18-4)13-8-6-5-7-9-13/h5-9,14-16,18H,10-12H2,1-4H3. The van der Waals surface area contributed by atoms with Crippen molar-refractivity contribution in [3.63, 3.8) is 0 Å². The summed E-state index contributed by atoms with van der Waals surface area (Å²) in [6, 6.07) is 11.3. The zero-order valence-electron chi connectivity index (χ0n) is 12.6. The molecular formula is C17H27NO. The molecule has 1 aromatic rings. The summed E-state index contributed by atoms with van der Waals surface area (Å²) in [5.41, 5.74) is 1.39. The van der Waals surface area contributed by atoms with Crippen LogP contribution in [0.4, 0.5) is 0 Å². The molecule has 3 unspecified atom stereocenters. The van der Waals surface area contributed by atoms with E-state index in [1.54, 1.807) is 0 Å². The molecule has 2 heteroatoms. The maximum absolute atomic E-state index is 6.27. The van der Waals surface area contributed by atoms with E-state index < -0.39 is 0 Å². The fraction of sp³-hybridized carbons (Fsp3) is 0.647. The fourth-order valence-corrected chi connectivity index (χ4v) is 3.07. The van der Waals surface area contributed by atoms with Crippen molar-refractivity contribution in [3.8, 4) is 0 Å². The first-order valence-corrected chi connectivity index (χ1v) is 7.39. The summed E-state index contributed by atoms with van der Waals surface area (Å²) in [5.74, 6) is 0.637. The van der Waals surface area contributed by atoms with Crippen molar-refractivity contribution in [2.45, 2.75) is 63.7 Å². The van der Waals surface area contributed by atoms with E-state index in [1.807, 2.05) is 7.05 Å². The van der Waals surface area contributed by atoms with Gasteiger partial charge in [-0.25, -0.2) is 0 Å². The number of nitrogens with one attached hydrogen (secondary N) is 1. The summed E-state index contributed by atoms with van der Waals surface area (Å²) in [6.07, 6.45) is 3.87. The Morgan fingerprint density at radius 2 is 1.79 bits per heavy atom. The molecule has 3 atom stereocenters. The third kappa shape index (κ3) is 4.05. The van der Waals surface area contributed by atoms with Crippen LogP contribution in [-0.4, -0.2) is 24.8 Å². The number of benzene rings is 1. The van der Waals surface area contributed by atoms with Crippen molar-refractivity contribution in [1.29, 1.82) is 0 Å². The lowest BCUT2D eigenvalue weighted by molar-refractivity contribution is -0.0890. The first-order chi connectivity index (χ1) is 8.99. The quantitative estimate of drug-likeness (QED) is 0.895. The molecule has 1 aromatic carbocycles. The van der Waals surface area contributed by atoms with Gasteiger partial charge in [0, 0.05) is 6.04 Å². The molecule has 1 N–H and O–H groups in total. The zero-order valence-corrected chi connectivity index (χ0v) is 12.6. The highest BCUT2D eigenvalue weighted by Gasteiger charge is 2.33. The topological polar surface area (TPSA) is 21.3 Å². The SMILES string of the molecule is CNC1CCC(c2ccccc2)CC1OC(C)(C)C. The van der Waals surface area contributed by atoms with Crippen molar-refractivity contribution in [2.75, 3.05) is 7.05 Å². The Hall–Kier alpha value is -0.860. The van der Waals surface area contributed by atoms with Crippen molar-refractivity contribution in [2.24, 2.45) is 0 Å². The minimum Gasteiger partial charge on any atom is -0.371 e. The molecule has 1 saturated carbocycles. The molecule has 1 aliphatic carbocycles. The van der Waals surface area contributed by atoms with Crippen LogP contribution in [0.25, 0.3) is 0 Å². The van der Waals surface area contributed by atoms with Crippen LogP contribution in [0.3, 0.4) is 0 Å². The van der Waals surface area contributed by atoms with Gasteiger partial charge in [-0.3, -0.25) is 0 Å². The van der Waals surface area contributed by atoms with Crippen LogP contribution in [0, 0.1) is 0 Å². The summed E-state index contributed by atoms with van der Waals surface area (Å²) in [5, 5.41) is 3.42. The molecule has 1 aliphatic rings. The van der Waals surface area contributed by atoms with Gasteiger partial charge in [-0.1, -0.05) is 30.3 Å². The molecule has 19 heavy (non-hydrogen) atoms. The van der Waals surface area contributed by atoms with E-state index in [2.05, 4.69) is 56.4 Å². The van der Waals surface area contributed by atoms with Crippen LogP contribution in [0.2, 0.25) is 0 Å². The Balaban J connectivity index is 2.07. The van der Waals surface area contributed by atoms with Gasteiger partial charge in [-0.2, -0.15) is 0 Å². The minimum absolute atomic E-state index is 0.0711. The van der Waals surface area contributed by atoms with Gasteiger partial charge in [0.15, 0.2) is 0 Å². The third-order valence-electron chi connectivity index (χ3n) is 3.94. The van der Waals surface area contributed by atoms with E-state index in [-0.39, 0.29) is 5.60 Å². The molecule has 106 valence electrons. The summed E-state index contributed by atoms with van der Waals surface area (Å²) in [6.45, 7) is 6.43. The molecule has 0 saturated heterocycles. The molecule has 0 radical (unpaired) electrons. The van der Waals surface area contributed by atoms with E-state index in [4.69, 9.17) is 4.74 Å². The van der Waals surface area contributed by atoms with Crippen molar-refractivity contribution in [1.82, 2.24) is 5.32 Å². The minimum atomic E-state index is -0.0711. The summed E-state index contributed by atoms with van der Waals surface area (Å²) in [4.78, 5) is 0. The van der Waals surface area contributed by atoms with Gasteiger partial charge < -0.3 is 10.1 Å². The van der Waals surface area contributed by atoms with E-state index in [1.165, 1.54) is 18.4 Å². The lowest BCUT2D eigenvalue weighted by atomic mass is 9.79. The van der Waals surface area contributed by atoms with Gasteiger partial charge in [0.05, 0.1) is 11.7 Å². The van der Waals surface area contributed by atoms with Gasteiger partial charge >= 0.3 is 0 Å². The largest absolute Gasteiger partial charge is 0.371 e. The third-order valence-corrected chi connectivity index (χ3v) is 3.94. The highest BCUT2D eigenvalue weighted by Crippen LogP contribution is 2.35. The number of likely N-dealkylation sites (N-methyl/N-ethyl adjacent to an activating group) is 1. The van der Waals surface area contributed by atoms with E-state index >= 15 is 0 Å². The Labute approximate surface area is 117 Å². The molecule has 1 fully saturated rings. The molecule has 0 bridgehead atoms. The Morgan fingerprint density at radius 1 is 1.11 bits per heavy atom. The average molecular weight is 261 g/mol. The normalized spacial score (nSPS) is 28.3. The lowest BCUT2D eigenvalue weighted by Crippen LogP contribution is -2.46. The monoisotopic (exact) mass is 261 g/mol. The van der Waals surface area contributed by atoms with E-state index in [0.717, 1.165) is 6.42 Å². The first-order valence-electron chi connectivity index (χ1n) is 7.39. The molecule has 0 spiro atoms. The molecule has 2 nitrogen and oxygen atoms in total. The molecular weight excluding hydrogens is 234 g/mol. The van der Waals surface area contributed by atoms with E-state index in [0.29, 0.717) is 18.1 Å². The summed E-state index contributed by atoms with van der Waals surface area (Å²) < 4.78 is 6.27. The zero-order chi connectivity index (χ0) is 13.9. The van der Waals surface area contributed by atoms with E-state index in [9.17, 15) is 0 Å². The summed E-state index contributed by atoms with van der Waals surface area (Å²) in [7, 11) is 2.05. The molecule has 2 rings (SSSR count). The van der Waals surface area contributed by atoms with Gasteiger partial charge in [0.1, 0.15) is 0 Å². The Bertz CT molecular complexity index is 382. The van der Waals surface area contributed by atoms with Crippen LogP contribution in [0.5, 0.6) is 0 Å². The molecule has 0 amide bonds. The maximum Gasteiger partial charge on any atom is 0.0740 e. The van der Waals surface area contributed by atoms with Crippen LogP contribution < -0.4 is 5.32 Å². The summed E-state index contributed by atoms with van der Waals surface area (Å²) >= 11 is 0. The second-order valence-electron chi connectivity index (χ2n) is 6.58. The Morgan fingerprint density at radius 3 is 2.37 bits per heavy atom. The van der Waals surface area contributed by atoms with Gasteiger partial charge in [-0.15, -0.1) is 0 Å². The fourth-order valence-electron chi connectivity index (χ4n) is 3.07.